The minimum absolute atomic E-state index is 0.0734. The Morgan fingerprint density at radius 2 is 2.00 bits per heavy atom. The van der Waals surface area contributed by atoms with Crippen LogP contribution >= 0.6 is 0 Å². The van der Waals surface area contributed by atoms with Crippen LogP contribution in [-0.4, -0.2) is 24.9 Å². The van der Waals surface area contributed by atoms with Gasteiger partial charge in [0.05, 0.1) is 6.10 Å². The predicted molar refractivity (Wildman–Crippen MR) is 88.2 cm³/mol. The largest absolute Gasteiger partial charge is 0.392 e. The second-order valence-corrected chi connectivity index (χ2v) is 7.20. The number of hydrogen-bond donors (Lipinski definition) is 1. The fraction of sp³-hybridized carbons (Fsp3) is 0.895. The van der Waals surface area contributed by atoms with Crippen molar-refractivity contribution in [3.63, 3.8) is 0 Å². The summed E-state index contributed by atoms with van der Waals surface area (Å²) in [7, 11) is 1.79. The first-order chi connectivity index (χ1) is 10.3. The molecule has 0 spiro atoms. The zero-order valence-corrected chi connectivity index (χ0v) is 14.0. The Bertz CT molecular complexity index is 313. The molecule has 0 aromatic carbocycles. The Hall–Kier alpha value is -0.340. The summed E-state index contributed by atoms with van der Waals surface area (Å²) < 4.78 is 5.11. The third-order valence-corrected chi connectivity index (χ3v) is 5.60. The number of unbranched alkanes of at least 4 members (excludes halogenated alkanes) is 3. The lowest BCUT2D eigenvalue weighted by molar-refractivity contribution is 0.134. The van der Waals surface area contributed by atoms with Gasteiger partial charge >= 0.3 is 0 Å². The van der Waals surface area contributed by atoms with Gasteiger partial charge in [0.15, 0.2) is 0 Å². The highest BCUT2D eigenvalue weighted by Crippen LogP contribution is 2.51. The third kappa shape index (κ3) is 4.82. The van der Waals surface area contributed by atoms with E-state index < -0.39 is 0 Å². The molecule has 0 bridgehead atoms. The van der Waals surface area contributed by atoms with Crippen molar-refractivity contribution in [1.82, 2.24) is 0 Å². The molecule has 2 saturated carbocycles. The van der Waals surface area contributed by atoms with Gasteiger partial charge in [-0.25, -0.2) is 0 Å². The maximum absolute atomic E-state index is 10.3. The van der Waals surface area contributed by atoms with E-state index in [0.717, 1.165) is 37.2 Å². The van der Waals surface area contributed by atoms with Crippen LogP contribution in [0.5, 0.6) is 0 Å². The summed E-state index contributed by atoms with van der Waals surface area (Å²) in [5.41, 5.74) is 0. The molecule has 2 aliphatic carbocycles. The maximum atomic E-state index is 10.3. The Balaban J connectivity index is 1.73. The minimum Gasteiger partial charge on any atom is -0.392 e. The van der Waals surface area contributed by atoms with E-state index in [0.29, 0.717) is 5.92 Å². The normalized spacial score (nSPS) is 35.7. The number of allylic oxidation sites excluding steroid dienone is 1. The molecule has 0 radical (unpaired) electrons. The Kier molecular flexibility index (Phi) is 7.25. The number of aliphatic hydroxyl groups is 1. The van der Waals surface area contributed by atoms with E-state index in [1.165, 1.54) is 44.9 Å². The van der Waals surface area contributed by atoms with Crippen LogP contribution in [-0.2, 0) is 4.74 Å². The third-order valence-electron chi connectivity index (χ3n) is 5.60. The molecule has 1 N–H and O–H groups in total. The fourth-order valence-electron chi connectivity index (χ4n) is 4.55. The summed E-state index contributed by atoms with van der Waals surface area (Å²) >= 11 is 0. The van der Waals surface area contributed by atoms with E-state index in [-0.39, 0.29) is 6.10 Å². The van der Waals surface area contributed by atoms with Crippen molar-refractivity contribution >= 4 is 0 Å². The van der Waals surface area contributed by atoms with Gasteiger partial charge < -0.3 is 9.84 Å². The van der Waals surface area contributed by atoms with Crippen molar-refractivity contribution < 1.29 is 9.84 Å². The van der Waals surface area contributed by atoms with Crippen molar-refractivity contribution in [2.75, 3.05) is 13.7 Å². The lowest BCUT2D eigenvalue weighted by atomic mass is 9.89. The minimum atomic E-state index is -0.0734. The highest BCUT2D eigenvalue weighted by atomic mass is 16.5. The van der Waals surface area contributed by atoms with Gasteiger partial charge in [-0.3, -0.25) is 0 Å². The molecule has 2 nitrogen and oxygen atoms in total. The van der Waals surface area contributed by atoms with E-state index in [1.807, 2.05) is 0 Å². The summed E-state index contributed by atoms with van der Waals surface area (Å²) in [5.74, 6) is 2.91. The van der Waals surface area contributed by atoms with Gasteiger partial charge in [0.2, 0.25) is 0 Å². The molecule has 2 heteroatoms. The van der Waals surface area contributed by atoms with Crippen molar-refractivity contribution in [2.24, 2.45) is 23.7 Å². The summed E-state index contributed by atoms with van der Waals surface area (Å²) in [4.78, 5) is 0. The second-order valence-electron chi connectivity index (χ2n) is 7.20. The Morgan fingerprint density at radius 1 is 1.14 bits per heavy atom. The van der Waals surface area contributed by atoms with E-state index in [9.17, 15) is 5.11 Å². The molecule has 5 atom stereocenters. The first-order valence-electron chi connectivity index (χ1n) is 9.09. The first kappa shape index (κ1) is 17.0. The van der Waals surface area contributed by atoms with Gasteiger partial charge in [-0.15, -0.1) is 0 Å². The molecule has 0 saturated heterocycles. The van der Waals surface area contributed by atoms with Crippen LogP contribution in [0.3, 0.4) is 0 Å². The number of methoxy groups -OCH3 is 1. The van der Waals surface area contributed by atoms with E-state index >= 15 is 0 Å². The van der Waals surface area contributed by atoms with Crippen LogP contribution in [0.2, 0.25) is 0 Å². The van der Waals surface area contributed by atoms with Crippen molar-refractivity contribution in [2.45, 2.75) is 70.8 Å². The van der Waals surface area contributed by atoms with Crippen molar-refractivity contribution in [3.8, 4) is 0 Å². The molecular weight excluding hydrogens is 260 g/mol. The SMILES string of the molecule is CCC/C=C/[C@@H]1[C@H]2CC(CCCCCOC)C[C@H]2C[C@H]1O. The summed E-state index contributed by atoms with van der Waals surface area (Å²) in [6.07, 6.45) is 15.9. The molecule has 0 aliphatic heterocycles. The summed E-state index contributed by atoms with van der Waals surface area (Å²) in [6.45, 7) is 3.12. The van der Waals surface area contributed by atoms with Gasteiger partial charge in [0, 0.05) is 19.6 Å². The zero-order chi connectivity index (χ0) is 15.1. The smallest absolute Gasteiger partial charge is 0.0608 e. The summed E-state index contributed by atoms with van der Waals surface area (Å²) in [5, 5.41) is 10.3. The standard InChI is InChI=1S/C19H34O2/c1-3-4-6-10-17-18-13-15(9-7-5-8-11-21-2)12-16(18)14-19(17)20/h6,10,15-20H,3-5,7-9,11-14H2,1-2H3/b10-6+/t15?,16-,17+,18-,19+/m0/s1. The first-order valence-corrected chi connectivity index (χ1v) is 9.09. The van der Waals surface area contributed by atoms with Crippen LogP contribution in [0.15, 0.2) is 12.2 Å². The van der Waals surface area contributed by atoms with Gasteiger partial charge in [-0.1, -0.05) is 44.8 Å². The predicted octanol–water partition coefficient (Wildman–Crippen LogP) is 4.57. The highest BCUT2D eigenvalue weighted by molar-refractivity contribution is 5.05. The molecule has 1 unspecified atom stereocenters. The van der Waals surface area contributed by atoms with Gasteiger partial charge in [-0.2, -0.15) is 0 Å². The van der Waals surface area contributed by atoms with E-state index in [4.69, 9.17) is 4.74 Å². The molecule has 21 heavy (non-hydrogen) atoms. The molecule has 2 rings (SSSR count). The lowest BCUT2D eigenvalue weighted by Crippen LogP contribution is -2.17. The van der Waals surface area contributed by atoms with E-state index in [1.54, 1.807) is 7.11 Å². The molecule has 0 heterocycles. The second kappa shape index (κ2) is 8.95. The average molecular weight is 294 g/mol. The van der Waals surface area contributed by atoms with Crippen LogP contribution < -0.4 is 0 Å². The molecular formula is C19H34O2. The number of ether oxygens (including phenoxy) is 1. The maximum Gasteiger partial charge on any atom is 0.0608 e. The molecule has 2 aliphatic rings. The van der Waals surface area contributed by atoms with Gasteiger partial charge in [-0.05, 0) is 49.9 Å². The number of fused-ring (bicyclic) bond motifs is 1. The molecule has 122 valence electrons. The Morgan fingerprint density at radius 3 is 2.76 bits per heavy atom. The molecule has 0 amide bonds. The molecule has 2 fully saturated rings. The average Bonchev–Trinajstić information content (AvgIpc) is 2.97. The highest BCUT2D eigenvalue weighted by Gasteiger charge is 2.46. The van der Waals surface area contributed by atoms with E-state index in [2.05, 4.69) is 19.1 Å². The van der Waals surface area contributed by atoms with Crippen LogP contribution in [0.4, 0.5) is 0 Å². The topological polar surface area (TPSA) is 29.5 Å². The lowest BCUT2D eigenvalue weighted by Gasteiger charge is -2.18. The van der Waals surface area contributed by atoms with Gasteiger partial charge in [0.1, 0.15) is 0 Å². The number of rotatable bonds is 9. The fourth-order valence-corrected chi connectivity index (χ4v) is 4.55. The monoisotopic (exact) mass is 294 g/mol. The number of aliphatic hydroxyl groups excluding tert-OH is 1. The van der Waals surface area contributed by atoms with Crippen molar-refractivity contribution in [3.05, 3.63) is 12.2 Å². The quantitative estimate of drug-likeness (QED) is 0.498. The Labute approximate surface area is 131 Å². The number of hydrogen-bond acceptors (Lipinski definition) is 2. The molecule has 0 aromatic heterocycles. The van der Waals surface area contributed by atoms with Crippen molar-refractivity contribution in [1.29, 1.82) is 0 Å². The van der Waals surface area contributed by atoms with Crippen LogP contribution in [0, 0.1) is 23.7 Å². The van der Waals surface area contributed by atoms with Gasteiger partial charge in [0.25, 0.3) is 0 Å². The summed E-state index contributed by atoms with van der Waals surface area (Å²) in [6, 6.07) is 0. The molecule has 0 aromatic rings. The van der Waals surface area contributed by atoms with Crippen LogP contribution in [0.1, 0.15) is 64.7 Å². The van der Waals surface area contributed by atoms with Crippen LogP contribution in [0.25, 0.3) is 0 Å². The zero-order valence-electron chi connectivity index (χ0n) is 14.0.